The topological polar surface area (TPSA) is 99.0 Å². The lowest BCUT2D eigenvalue weighted by atomic mass is 10.0. The lowest BCUT2D eigenvalue weighted by molar-refractivity contribution is -0.131. The number of ether oxygens (including phenoxy) is 1. The molecule has 1 heterocycles. The summed E-state index contributed by atoms with van der Waals surface area (Å²) in [5, 5.41) is 28.1. The molecule has 0 spiro atoms. The van der Waals surface area contributed by atoms with Crippen molar-refractivity contribution in [1.29, 1.82) is 0 Å². The molecule has 0 saturated carbocycles. The van der Waals surface area contributed by atoms with Crippen LogP contribution in [0.15, 0.2) is 29.2 Å². The molecule has 1 fully saturated rings. The molecule has 4 N–H and O–H groups in total. The SMILES string of the molecule is O=C(O)c1ccc(SNCC2OCCC(O)C2O)cc1. The van der Waals surface area contributed by atoms with E-state index >= 15 is 0 Å². The van der Waals surface area contributed by atoms with Crippen molar-refractivity contribution < 1.29 is 24.9 Å². The second-order valence-electron chi connectivity index (χ2n) is 4.54. The van der Waals surface area contributed by atoms with Gasteiger partial charge in [-0.2, -0.15) is 0 Å². The Morgan fingerprint density at radius 2 is 2.05 bits per heavy atom. The van der Waals surface area contributed by atoms with Gasteiger partial charge in [-0.15, -0.1) is 0 Å². The molecule has 0 radical (unpaired) electrons. The number of carbonyl (C=O) groups is 1. The molecule has 0 aliphatic carbocycles. The van der Waals surface area contributed by atoms with Crippen LogP contribution in [0.3, 0.4) is 0 Å². The predicted molar refractivity (Wildman–Crippen MR) is 73.6 cm³/mol. The molecule has 1 aromatic carbocycles. The summed E-state index contributed by atoms with van der Waals surface area (Å²) in [6.45, 7) is 0.826. The Morgan fingerprint density at radius 1 is 1.35 bits per heavy atom. The largest absolute Gasteiger partial charge is 0.478 e. The Kier molecular flexibility index (Phi) is 5.38. The number of aliphatic hydroxyl groups is 2. The van der Waals surface area contributed by atoms with E-state index in [1.165, 1.54) is 24.1 Å². The number of aromatic carboxylic acids is 1. The van der Waals surface area contributed by atoms with E-state index in [0.29, 0.717) is 19.6 Å². The Balaban J connectivity index is 1.79. The van der Waals surface area contributed by atoms with Gasteiger partial charge in [0.2, 0.25) is 0 Å². The maximum Gasteiger partial charge on any atom is 0.335 e. The molecular weight excluding hydrogens is 282 g/mol. The molecule has 0 amide bonds. The summed E-state index contributed by atoms with van der Waals surface area (Å²) >= 11 is 1.32. The second kappa shape index (κ2) is 7.05. The van der Waals surface area contributed by atoms with Crippen molar-refractivity contribution in [3.05, 3.63) is 29.8 Å². The summed E-state index contributed by atoms with van der Waals surface area (Å²) in [5.41, 5.74) is 0.239. The quantitative estimate of drug-likeness (QED) is 0.587. The maximum absolute atomic E-state index is 10.7. The lowest BCUT2D eigenvalue weighted by Gasteiger charge is -2.31. The van der Waals surface area contributed by atoms with Crippen LogP contribution >= 0.6 is 11.9 Å². The molecule has 7 heteroatoms. The fourth-order valence-electron chi connectivity index (χ4n) is 1.91. The minimum absolute atomic E-state index is 0.239. The molecule has 6 nitrogen and oxygen atoms in total. The average molecular weight is 299 g/mol. The zero-order valence-corrected chi connectivity index (χ0v) is 11.5. The molecule has 1 aliphatic heterocycles. The zero-order chi connectivity index (χ0) is 14.5. The van der Waals surface area contributed by atoms with Crippen LogP contribution in [-0.2, 0) is 4.74 Å². The maximum atomic E-state index is 10.7. The van der Waals surface area contributed by atoms with Crippen molar-refractivity contribution in [1.82, 2.24) is 4.72 Å². The van der Waals surface area contributed by atoms with Crippen LogP contribution in [0.25, 0.3) is 0 Å². The Labute approximate surface area is 120 Å². The monoisotopic (exact) mass is 299 g/mol. The first-order valence-corrected chi connectivity index (χ1v) is 7.10. The highest BCUT2D eigenvalue weighted by atomic mass is 32.2. The number of nitrogens with one attached hydrogen (secondary N) is 1. The van der Waals surface area contributed by atoms with Gasteiger partial charge in [-0.1, -0.05) is 0 Å². The minimum atomic E-state index is -0.956. The van der Waals surface area contributed by atoms with E-state index in [0.717, 1.165) is 4.90 Å². The molecular formula is C13H17NO5S. The third kappa shape index (κ3) is 3.94. The number of carboxylic acids is 1. The number of hydrogen-bond acceptors (Lipinski definition) is 6. The number of benzene rings is 1. The van der Waals surface area contributed by atoms with E-state index in [1.807, 2.05) is 0 Å². The Bertz CT molecular complexity index is 453. The summed E-state index contributed by atoms with van der Waals surface area (Å²) in [6, 6.07) is 6.46. The molecule has 1 saturated heterocycles. The molecule has 3 unspecified atom stereocenters. The lowest BCUT2D eigenvalue weighted by Crippen LogP contribution is -2.48. The molecule has 3 atom stereocenters. The molecule has 0 bridgehead atoms. The molecule has 1 aromatic rings. The fraction of sp³-hybridized carbons (Fsp3) is 0.462. The van der Waals surface area contributed by atoms with E-state index in [9.17, 15) is 15.0 Å². The molecule has 2 rings (SSSR count). The predicted octanol–water partition coefficient (Wildman–Crippen LogP) is 0.492. The fourth-order valence-corrected chi connectivity index (χ4v) is 2.60. The molecule has 20 heavy (non-hydrogen) atoms. The van der Waals surface area contributed by atoms with E-state index in [1.54, 1.807) is 12.1 Å². The van der Waals surface area contributed by atoms with E-state index in [4.69, 9.17) is 9.84 Å². The smallest absolute Gasteiger partial charge is 0.335 e. The number of carboxylic acid groups (broad SMARTS) is 1. The van der Waals surface area contributed by atoms with Crippen LogP contribution in [0.5, 0.6) is 0 Å². The Morgan fingerprint density at radius 3 is 2.70 bits per heavy atom. The van der Waals surface area contributed by atoms with Gasteiger partial charge in [0, 0.05) is 18.0 Å². The van der Waals surface area contributed by atoms with Gasteiger partial charge in [-0.25, -0.2) is 4.79 Å². The van der Waals surface area contributed by atoms with Gasteiger partial charge in [0.05, 0.1) is 17.8 Å². The van der Waals surface area contributed by atoms with Crippen molar-refractivity contribution in [2.75, 3.05) is 13.2 Å². The first kappa shape index (κ1) is 15.3. The van der Waals surface area contributed by atoms with Crippen LogP contribution < -0.4 is 4.72 Å². The second-order valence-corrected chi connectivity index (χ2v) is 5.50. The molecule has 110 valence electrons. The third-order valence-electron chi connectivity index (χ3n) is 3.10. The van der Waals surface area contributed by atoms with Gasteiger partial charge in [0.15, 0.2) is 0 Å². The van der Waals surface area contributed by atoms with Gasteiger partial charge < -0.3 is 20.1 Å². The zero-order valence-electron chi connectivity index (χ0n) is 10.7. The highest BCUT2D eigenvalue weighted by Gasteiger charge is 2.30. The van der Waals surface area contributed by atoms with Gasteiger partial charge in [0.25, 0.3) is 0 Å². The summed E-state index contributed by atoms with van der Waals surface area (Å²) in [6.07, 6.45) is -1.62. The van der Waals surface area contributed by atoms with Crippen molar-refractivity contribution >= 4 is 17.9 Å². The summed E-state index contributed by atoms with van der Waals surface area (Å²) in [5.74, 6) is -0.956. The summed E-state index contributed by atoms with van der Waals surface area (Å²) in [7, 11) is 0. The van der Waals surface area contributed by atoms with Crippen LogP contribution in [0.1, 0.15) is 16.8 Å². The third-order valence-corrected chi connectivity index (χ3v) is 3.92. The van der Waals surface area contributed by atoms with Crippen LogP contribution in [0.4, 0.5) is 0 Å². The number of hydrogen-bond donors (Lipinski definition) is 4. The van der Waals surface area contributed by atoms with E-state index in [2.05, 4.69) is 4.72 Å². The minimum Gasteiger partial charge on any atom is -0.478 e. The normalized spacial score (nSPS) is 26.4. The van der Waals surface area contributed by atoms with Crippen molar-refractivity contribution in [2.45, 2.75) is 29.6 Å². The average Bonchev–Trinajstić information content (AvgIpc) is 2.44. The highest BCUT2D eigenvalue weighted by molar-refractivity contribution is 7.97. The first-order chi connectivity index (χ1) is 9.58. The van der Waals surface area contributed by atoms with Crippen molar-refractivity contribution in [2.24, 2.45) is 0 Å². The summed E-state index contributed by atoms with van der Waals surface area (Å²) < 4.78 is 8.43. The van der Waals surface area contributed by atoms with Crippen LogP contribution in [-0.4, -0.2) is 52.8 Å². The van der Waals surface area contributed by atoms with Crippen LogP contribution in [0.2, 0.25) is 0 Å². The standard InChI is InChI=1S/C13H17NO5S/c15-10-5-6-19-11(12(10)16)7-14-20-9-3-1-8(2-4-9)13(17)18/h1-4,10-12,14-16H,5-7H2,(H,17,18). The first-order valence-electron chi connectivity index (χ1n) is 6.28. The van der Waals surface area contributed by atoms with Crippen LogP contribution in [0, 0.1) is 0 Å². The molecule has 1 aliphatic rings. The van der Waals surface area contributed by atoms with Crippen molar-refractivity contribution in [3.63, 3.8) is 0 Å². The van der Waals surface area contributed by atoms with E-state index in [-0.39, 0.29) is 5.56 Å². The highest BCUT2D eigenvalue weighted by Crippen LogP contribution is 2.18. The molecule has 0 aromatic heterocycles. The number of aliphatic hydroxyl groups excluding tert-OH is 2. The van der Waals surface area contributed by atoms with Crippen molar-refractivity contribution in [3.8, 4) is 0 Å². The van der Waals surface area contributed by atoms with Gasteiger partial charge in [-0.3, -0.25) is 4.72 Å². The van der Waals surface area contributed by atoms with Gasteiger partial charge >= 0.3 is 5.97 Å². The number of rotatable bonds is 5. The van der Waals surface area contributed by atoms with E-state index < -0.39 is 24.3 Å². The summed E-state index contributed by atoms with van der Waals surface area (Å²) in [4.78, 5) is 11.6. The van der Waals surface area contributed by atoms with Gasteiger partial charge in [0.1, 0.15) is 6.10 Å². The van der Waals surface area contributed by atoms with Gasteiger partial charge in [-0.05, 0) is 42.6 Å². The Hall–Kier alpha value is -1.12.